The van der Waals surface area contributed by atoms with Gasteiger partial charge in [0.05, 0.1) is 11.7 Å². The number of hydrogen-bond donors (Lipinski definition) is 1. The summed E-state index contributed by atoms with van der Waals surface area (Å²) < 4.78 is 19.8. The van der Waals surface area contributed by atoms with Crippen LogP contribution in [0.25, 0.3) is 0 Å². The first-order valence-electron chi connectivity index (χ1n) is 9.04. The van der Waals surface area contributed by atoms with Gasteiger partial charge in [0.25, 0.3) is 0 Å². The van der Waals surface area contributed by atoms with Crippen LogP contribution < -0.4 is 11.4 Å². The van der Waals surface area contributed by atoms with Gasteiger partial charge in [0.15, 0.2) is 6.23 Å². The topological polar surface area (TPSA) is 88.6 Å². The summed E-state index contributed by atoms with van der Waals surface area (Å²) >= 11 is 0. The van der Waals surface area contributed by atoms with E-state index in [2.05, 4.69) is 25.8 Å². The predicted molar refractivity (Wildman–Crippen MR) is 101 cm³/mol. The minimum Gasteiger partial charge on any atom is -0.383 e. The molecule has 7 heteroatoms. The lowest BCUT2D eigenvalue weighted by Crippen LogP contribution is -2.43. The van der Waals surface area contributed by atoms with Gasteiger partial charge < -0.3 is 19.9 Å². The van der Waals surface area contributed by atoms with Crippen LogP contribution in [0.1, 0.15) is 59.8 Å². The van der Waals surface area contributed by atoms with Crippen molar-refractivity contribution in [2.45, 2.75) is 85.0 Å². The third-order valence-electron chi connectivity index (χ3n) is 4.31. The highest BCUT2D eigenvalue weighted by Gasteiger charge is 2.49. The third-order valence-corrected chi connectivity index (χ3v) is 4.31. The van der Waals surface area contributed by atoms with E-state index >= 15 is 0 Å². The van der Waals surface area contributed by atoms with Gasteiger partial charge in [0.1, 0.15) is 18.0 Å². The first kappa shape index (κ1) is 20.9. The summed E-state index contributed by atoms with van der Waals surface area (Å²) in [6.45, 7) is 14.3. The third kappa shape index (κ3) is 4.84. The van der Waals surface area contributed by atoms with E-state index in [1.165, 1.54) is 4.57 Å². The number of nitrogens with zero attached hydrogens (tertiary/aromatic N) is 2. The molecule has 0 spiro atoms. The Hall–Kier alpha value is -1.44. The zero-order valence-corrected chi connectivity index (χ0v) is 17.2. The molecule has 1 aromatic rings. The van der Waals surface area contributed by atoms with Crippen molar-refractivity contribution in [2.24, 2.45) is 5.41 Å². The van der Waals surface area contributed by atoms with E-state index in [0.717, 1.165) is 12.0 Å². The highest BCUT2D eigenvalue weighted by atomic mass is 16.6. The molecule has 1 aromatic heterocycles. The molecule has 1 fully saturated rings. The molecule has 26 heavy (non-hydrogen) atoms. The Morgan fingerprint density at radius 3 is 2.35 bits per heavy atom. The molecule has 1 aliphatic rings. The van der Waals surface area contributed by atoms with Crippen molar-refractivity contribution >= 4 is 5.82 Å². The van der Waals surface area contributed by atoms with E-state index < -0.39 is 18.0 Å². The number of nitrogens with two attached hydrogens (primary N) is 1. The zero-order chi connectivity index (χ0) is 19.9. The molecule has 0 aliphatic carbocycles. The lowest BCUT2D eigenvalue weighted by molar-refractivity contribution is -0.124. The number of methoxy groups -OCH3 is 1. The van der Waals surface area contributed by atoms with Crippen LogP contribution in [0, 0.1) is 12.3 Å². The summed E-state index contributed by atoms with van der Waals surface area (Å²) in [5, 5.41) is 0. The zero-order valence-electron chi connectivity index (χ0n) is 17.2. The Labute approximate surface area is 155 Å². The Balaban J connectivity index is 2.44. The van der Waals surface area contributed by atoms with E-state index in [1.807, 2.05) is 27.7 Å². The van der Waals surface area contributed by atoms with E-state index in [4.69, 9.17) is 19.9 Å². The molecule has 0 bridgehead atoms. The van der Waals surface area contributed by atoms with Crippen LogP contribution in [0.15, 0.2) is 11.0 Å². The molecule has 4 atom stereocenters. The van der Waals surface area contributed by atoms with Gasteiger partial charge in [-0.3, -0.25) is 4.57 Å². The number of ether oxygens (including phenoxy) is 3. The van der Waals surface area contributed by atoms with Crippen molar-refractivity contribution in [3.63, 3.8) is 0 Å². The van der Waals surface area contributed by atoms with Crippen molar-refractivity contribution in [1.82, 2.24) is 9.55 Å². The summed E-state index contributed by atoms with van der Waals surface area (Å²) in [4.78, 5) is 16.3. The number of nitrogen functional groups attached to an aromatic ring is 1. The highest BCUT2D eigenvalue weighted by molar-refractivity contribution is 5.35. The van der Waals surface area contributed by atoms with E-state index in [9.17, 15) is 4.79 Å². The average Bonchev–Trinajstić information content (AvgIpc) is 2.76. The Bertz CT molecular complexity index is 687. The molecule has 2 heterocycles. The van der Waals surface area contributed by atoms with Crippen LogP contribution in [0.3, 0.4) is 0 Å². The summed E-state index contributed by atoms with van der Waals surface area (Å²) in [7, 11) is 1.61. The molecule has 0 aromatic carbocycles. The summed E-state index contributed by atoms with van der Waals surface area (Å²) in [5.74, 6) is 0.229. The van der Waals surface area contributed by atoms with Gasteiger partial charge in [0.2, 0.25) is 0 Å². The van der Waals surface area contributed by atoms with Crippen LogP contribution in [0.2, 0.25) is 0 Å². The maximum atomic E-state index is 12.4. The van der Waals surface area contributed by atoms with Gasteiger partial charge >= 0.3 is 5.69 Å². The number of rotatable bonds is 4. The van der Waals surface area contributed by atoms with Crippen molar-refractivity contribution in [2.75, 3.05) is 12.8 Å². The van der Waals surface area contributed by atoms with Crippen molar-refractivity contribution in [3.05, 3.63) is 22.2 Å². The van der Waals surface area contributed by atoms with Crippen molar-refractivity contribution < 1.29 is 14.2 Å². The van der Waals surface area contributed by atoms with Crippen LogP contribution in [0.5, 0.6) is 0 Å². The lowest BCUT2D eigenvalue weighted by atomic mass is 9.87. The molecule has 2 unspecified atom stereocenters. The molecular formula is C19H33N3O4. The van der Waals surface area contributed by atoms with Crippen LogP contribution in [-0.2, 0) is 14.2 Å². The fraction of sp³-hybridized carbons (Fsp3) is 0.789. The maximum Gasteiger partial charge on any atom is 0.351 e. The molecule has 148 valence electrons. The van der Waals surface area contributed by atoms with Gasteiger partial charge in [-0.2, -0.15) is 4.98 Å². The van der Waals surface area contributed by atoms with Gasteiger partial charge in [-0.15, -0.1) is 0 Å². The van der Waals surface area contributed by atoms with Crippen LogP contribution in [0.4, 0.5) is 5.82 Å². The Morgan fingerprint density at radius 2 is 1.85 bits per heavy atom. The highest BCUT2D eigenvalue weighted by Crippen LogP contribution is 2.39. The van der Waals surface area contributed by atoms with Gasteiger partial charge in [-0.05, 0) is 39.5 Å². The van der Waals surface area contributed by atoms with E-state index in [0.29, 0.717) is 0 Å². The normalized spacial score (nSPS) is 27.1. The molecule has 2 rings (SSSR count). The smallest absolute Gasteiger partial charge is 0.351 e. The summed E-state index contributed by atoms with van der Waals surface area (Å²) in [6.07, 6.45) is 0.917. The van der Waals surface area contributed by atoms with E-state index in [1.54, 1.807) is 13.3 Å². The molecule has 0 saturated carbocycles. The summed E-state index contributed by atoms with van der Waals surface area (Å²) in [6, 6.07) is 0. The number of aromatic nitrogens is 2. The SMILES string of the molecule is COC1C(OC(C)(C)C)[C@@H](CC(C)(C)C)O[C@H]1n1cc(C)c(N)nc1=O. The fourth-order valence-electron chi connectivity index (χ4n) is 3.26. The van der Waals surface area contributed by atoms with Gasteiger partial charge in [0, 0.05) is 18.9 Å². The maximum absolute atomic E-state index is 12.4. The second-order valence-electron chi connectivity index (χ2n) is 9.22. The van der Waals surface area contributed by atoms with Gasteiger partial charge in [-0.1, -0.05) is 20.8 Å². The largest absolute Gasteiger partial charge is 0.383 e. The lowest BCUT2D eigenvalue weighted by Gasteiger charge is -2.32. The van der Waals surface area contributed by atoms with Gasteiger partial charge in [-0.25, -0.2) is 4.79 Å². The van der Waals surface area contributed by atoms with E-state index in [-0.39, 0.29) is 29.0 Å². The molecular weight excluding hydrogens is 334 g/mol. The number of anilines is 1. The Morgan fingerprint density at radius 1 is 1.23 bits per heavy atom. The number of hydrogen-bond acceptors (Lipinski definition) is 6. The monoisotopic (exact) mass is 367 g/mol. The Kier molecular flexibility index (Phi) is 5.85. The van der Waals surface area contributed by atoms with Crippen LogP contribution >= 0.6 is 0 Å². The molecule has 1 saturated heterocycles. The molecule has 0 amide bonds. The molecule has 1 aliphatic heterocycles. The van der Waals surface area contributed by atoms with Crippen molar-refractivity contribution in [3.8, 4) is 0 Å². The second kappa shape index (κ2) is 7.29. The minimum absolute atomic E-state index is 0.0393. The molecule has 0 radical (unpaired) electrons. The first-order chi connectivity index (χ1) is 11.8. The quantitative estimate of drug-likeness (QED) is 0.880. The second-order valence-corrected chi connectivity index (χ2v) is 9.22. The fourth-order valence-corrected chi connectivity index (χ4v) is 3.26. The predicted octanol–water partition coefficient (Wildman–Crippen LogP) is 2.67. The minimum atomic E-state index is -0.612. The van der Waals surface area contributed by atoms with Crippen molar-refractivity contribution in [1.29, 1.82) is 0 Å². The molecule has 2 N–H and O–H groups in total. The first-order valence-corrected chi connectivity index (χ1v) is 9.04. The number of aryl methyl sites for hydroxylation is 1. The standard InChI is InChI=1S/C19H33N3O4/c1-11-10-22(17(23)21-15(11)20)16-14(24-8)13(26-19(5,6)7)12(25-16)9-18(2,3)4/h10,12-14,16H,9H2,1-8H3,(H2,20,21,23)/t12-,13?,14?,16-/m1/s1. The van der Waals surface area contributed by atoms with Crippen LogP contribution in [-0.4, -0.2) is 40.6 Å². The summed E-state index contributed by atoms with van der Waals surface area (Å²) in [5.41, 5.74) is 5.69. The molecule has 7 nitrogen and oxygen atoms in total. The average molecular weight is 367 g/mol.